The zero-order valence-corrected chi connectivity index (χ0v) is 12.0. The van der Waals surface area contributed by atoms with Crippen LogP contribution >= 0.6 is 0 Å². The van der Waals surface area contributed by atoms with E-state index in [-0.39, 0.29) is 0 Å². The van der Waals surface area contributed by atoms with Crippen molar-refractivity contribution in [3.05, 3.63) is 0 Å². The third-order valence-corrected chi connectivity index (χ3v) is 3.21. The summed E-state index contributed by atoms with van der Waals surface area (Å²) < 4.78 is 5.36. The molecule has 6 nitrogen and oxygen atoms in total. The first-order chi connectivity index (χ1) is 9.10. The molecule has 0 rings (SSSR count). The Labute approximate surface area is 115 Å². The first-order valence-corrected chi connectivity index (χ1v) is 7.02. The van der Waals surface area contributed by atoms with E-state index in [2.05, 4.69) is 18.7 Å². The Hall–Kier alpha value is -0.240. The van der Waals surface area contributed by atoms with Gasteiger partial charge in [-0.15, -0.1) is 0 Å². The molecule has 0 aliphatic carbocycles. The second-order valence-electron chi connectivity index (χ2n) is 4.57. The quantitative estimate of drug-likeness (QED) is 0.350. The Kier molecular flexibility index (Phi) is 11.4. The zero-order valence-electron chi connectivity index (χ0n) is 12.0. The molecule has 0 aromatic carbocycles. The molecule has 0 heterocycles. The maximum Gasteiger partial charge on any atom is 0.114 e. The van der Waals surface area contributed by atoms with Gasteiger partial charge in [0.1, 0.15) is 18.3 Å². The number of rotatable bonds is 12. The van der Waals surface area contributed by atoms with Gasteiger partial charge in [-0.2, -0.15) is 0 Å². The molecule has 0 bridgehead atoms. The molecule has 0 aliphatic rings. The van der Waals surface area contributed by atoms with Gasteiger partial charge in [-0.1, -0.05) is 13.8 Å². The molecule has 4 N–H and O–H groups in total. The van der Waals surface area contributed by atoms with Crippen molar-refractivity contribution in [3.63, 3.8) is 0 Å². The van der Waals surface area contributed by atoms with Crippen molar-refractivity contribution in [2.24, 2.45) is 0 Å². The summed E-state index contributed by atoms with van der Waals surface area (Å²) in [6.45, 7) is 6.66. The average molecular weight is 279 g/mol. The first kappa shape index (κ1) is 18.8. The van der Waals surface area contributed by atoms with Crippen LogP contribution in [0.15, 0.2) is 0 Å². The molecule has 0 aromatic rings. The number of hydrogen-bond donors (Lipinski definition) is 4. The van der Waals surface area contributed by atoms with Gasteiger partial charge in [0.2, 0.25) is 0 Å². The molecular weight excluding hydrogens is 250 g/mol. The molecule has 2 atom stereocenters. The van der Waals surface area contributed by atoms with Crippen molar-refractivity contribution < 1.29 is 25.2 Å². The van der Waals surface area contributed by atoms with E-state index in [1.165, 1.54) is 0 Å². The topological polar surface area (TPSA) is 93.4 Å². The van der Waals surface area contributed by atoms with Crippen molar-refractivity contribution in [2.45, 2.75) is 45.0 Å². The van der Waals surface area contributed by atoms with Crippen molar-refractivity contribution in [1.29, 1.82) is 0 Å². The summed E-state index contributed by atoms with van der Waals surface area (Å²) in [6.07, 6.45) is -1.51. The summed E-state index contributed by atoms with van der Waals surface area (Å²) in [6, 6.07) is 0. The van der Waals surface area contributed by atoms with Gasteiger partial charge < -0.3 is 30.1 Å². The molecule has 0 fully saturated rings. The largest absolute Gasteiger partial charge is 0.394 e. The number of ether oxygens (including phenoxy) is 1. The monoisotopic (exact) mass is 279 g/mol. The Bertz CT molecular complexity index is 191. The van der Waals surface area contributed by atoms with Gasteiger partial charge in [-0.3, -0.25) is 0 Å². The Morgan fingerprint density at radius 2 is 1.47 bits per heavy atom. The normalized spacial score (nSPS) is 16.6. The van der Waals surface area contributed by atoms with Crippen molar-refractivity contribution in [1.82, 2.24) is 4.90 Å². The van der Waals surface area contributed by atoms with E-state index in [0.717, 1.165) is 32.5 Å². The first-order valence-electron chi connectivity index (χ1n) is 7.02. The van der Waals surface area contributed by atoms with Crippen LogP contribution in [0, 0.1) is 0 Å². The standard InChI is InChI=1S/C13H29NO5/c1-3-14(4-2)7-5-6-8-19-13(11(17)9-15)12(18)10-16/h11-13,15-18H,3-10H2,1-2H3. The van der Waals surface area contributed by atoms with Crippen molar-refractivity contribution >= 4 is 0 Å². The van der Waals surface area contributed by atoms with Gasteiger partial charge >= 0.3 is 0 Å². The van der Waals surface area contributed by atoms with Crippen LogP contribution in [0.25, 0.3) is 0 Å². The molecule has 0 amide bonds. The highest BCUT2D eigenvalue weighted by Gasteiger charge is 2.26. The van der Waals surface area contributed by atoms with E-state index in [9.17, 15) is 10.2 Å². The van der Waals surface area contributed by atoms with Gasteiger partial charge in [-0.25, -0.2) is 0 Å². The molecular formula is C13H29NO5. The molecule has 116 valence electrons. The fraction of sp³-hybridized carbons (Fsp3) is 1.00. The van der Waals surface area contributed by atoms with E-state index in [1.54, 1.807) is 0 Å². The number of aliphatic hydroxyl groups excluding tert-OH is 4. The molecule has 0 aliphatic heterocycles. The van der Waals surface area contributed by atoms with Gasteiger partial charge in [0.15, 0.2) is 0 Å². The number of unbranched alkanes of at least 4 members (excludes halogenated alkanes) is 1. The van der Waals surface area contributed by atoms with E-state index >= 15 is 0 Å². The Morgan fingerprint density at radius 1 is 0.947 bits per heavy atom. The number of nitrogens with zero attached hydrogens (tertiary/aromatic N) is 1. The minimum Gasteiger partial charge on any atom is -0.394 e. The number of hydrogen-bond acceptors (Lipinski definition) is 6. The molecule has 6 heteroatoms. The number of aliphatic hydroxyl groups is 4. The summed E-state index contributed by atoms with van der Waals surface area (Å²) >= 11 is 0. The third-order valence-electron chi connectivity index (χ3n) is 3.21. The minimum atomic E-state index is -1.18. The second-order valence-corrected chi connectivity index (χ2v) is 4.57. The highest BCUT2D eigenvalue weighted by Crippen LogP contribution is 2.07. The molecule has 0 aromatic heterocycles. The second kappa shape index (κ2) is 11.6. The van der Waals surface area contributed by atoms with Crippen LogP contribution in [0.2, 0.25) is 0 Å². The Balaban J connectivity index is 3.87. The predicted molar refractivity (Wildman–Crippen MR) is 72.9 cm³/mol. The fourth-order valence-corrected chi connectivity index (χ4v) is 1.88. The molecule has 0 spiro atoms. The van der Waals surface area contributed by atoms with E-state index in [0.29, 0.717) is 6.61 Å². The minimum absolute atomic E-state index is 0.389. The summed E-state index contributed by atoms with van der Waals surface area (Å²) in [5.74, 6) is 0. The third kappa shape index (κ3) is 7.81. The lowest BCUT2D eigenvalue weighted by atomic mass is 10.1. The van der Waals surface area contributed by atoms with Crippen molar-refractivity contribution in [2.75, 3.05) is 39.5 Å². The lowest BCUT2D eigenvalue weighted by molar-refractivity contribution is -0.123. The SMILES string of the molecule is CCN(CC)CCCCOC(C(O)CO)C(O)CO. The lowest BCUT2D eigenvalue weighted by Crippen LogP contribution is -2.43. The van der Waals surface area contributed by atoms with Gasteiger partial charge in [0.05, 0.1) is 13.2 Å². The van der Waals surface area contributed by atoms with Crippen molar-refractivity contribution in [3.8, 4) is 0 Å². The van der Waals surface area contributed by atoms with E-state index in [4.69, 9.17) is 14.9 Å². The highest BCUT2D eigenvalue weighted by atomic mass is 16.5. The van der Waals surface area contributed by atoms with Crippen LogP contribution < -0.4 is 0 Å². The molecule has 0 saturated heterocycles. The fourth-order valence-electron chi connectivity index (χ4n) is 1.88. The predicted octanol–water partition coefficient (Wildman–Crippen LogP) is -0.800. The van der Waals surface area contributed by atoms with Crippen LogP contribution in [0.3, 0.4) is 0 Å². The summed E-state index contributed by atoms with van der Waals surface area (Å²) in [5, 5.41) is 36.7. The summed E-state index contributed by atoms with van der Waals surface area (Å²) in [5.41, 5.74) is 0. The zero-order chi connectivity index (χ0) is 14.7. The van der Waals surface area contributed by atoms with E-state index in [1.807, 2.05) is 0 Å². The van der Waals surface area contributed by atoms with Crippen LogP contribution in [0.5, 0.6) is 0 Å². The smallest absolute Gasteiger partial charge is 0.114 e. The summed E-state index contributed by atoms with van der Waals surface area (Å²) in [4.78, 5) is 2.31. The maximum absolute atomic E-state index is 9.49. The summed E-state index contributed by atoms with van der Waals surface area (Å²) in [7, 11) is 0. The van der Waals surface area contributed by atoms with Gasteiger partial charge in [-0.05, 0) is 32.5 Å². The molecule has 0 radical (unpaired) electrons. The Morgan fingerprint density at radius 3 is 1.89 bits per heavy atom. The van der Waals surface area contributed by atoms with Crippen LogP contribution in [0.4, 0.5) is 0 Å². The molecule has 19 heavy (non-hydrogen) atoms. The van der Waals surface area contributed by atoms with Crippen LogP contribution in [-0.4, -0.2) is 83.1 Å². The molecule has 2 unspecified atom stereocenters. The van der Waals surface area contributed by atoms with Gasteiger partial charge in [0, 0.05) is 6.61 Å². The molecule has 0 saturated carbocycles. The highest BCUT2D eigenvalue weighted by molar-refractivity contribution is 4.76. The van der Waals surface area contributed by atoms with Crippen LogP contribution in [0.1, 0.15) is 26.7 Å². The lowest BCUT2D eigenvalue weighted by Gasteiger charge is -2.25. The maximum atomic E-state index is 9.49. The van der Waals surface area contributed by atoms with Crippen LogP contribution in [-0.2, 0) is 4.74 Å². The van der Waals surface area contributed by atoms with Gasteiger partial charge in [0.25, 0.3) is 0 Å². The van der Waals surface area contributed by atoms with E-state index < -0.39 is 31.5 Å². The average Bonchev–Trinajstić information content (AvgIpc) is 2.45.